The number of fused-ring (bicyclic) bond motifs is 3. The highest BCUT2D eigenvalue weighted by atomic mass is 35.5. The molecular formula is C37H31ClN2O4S. The average molecular weight is 635 g/mol. The van der Waals surface area contributed by atoms with E-state index in [4.69, 9.17) is 30.8 Å². The largest absolute Gasteiger partial charge is 0.496 e. The molecule has 0 amide bonds. The minimum Gasteiger partial charge on any atom is -0.496 e. The van der Waals surface area contributed by atoms with E-state index in [1.54, 1.807) is 7.11 Å². The molecule has 0 radical (unpaired) electrons. The van der Waals surface area contributed by atoms with Crippen molar-refractivity contribution >= 4 is 34.7 Å². The molecule has 0 N–H and O–H groups in total. The second-order valence-electron chi connectivity index (χ2n) is 10.9. The average Bonchev–Trinajstić information content (AvgIpc) is 3.38. The summed E-state index contributed by atoms with van der Waals surface area (Å²) in [7, 11) is 1.67. The van der Waals surface area contributed by atoms with Gasteiger partial charge in [-0.2, -0.15) is 0 Å². The number of halogens is 1. The summed E-state index contributed by atoms with van der Waals surface area (Å²) in [6.45, 7) is 2.72. The SMILES string of the molecule is CCOc1cc(/C=c2/sc3n(c2=O)[C@@H](c2ccccc2OC)C2=C(N=3)c3ccccc3CC2)ccc1OCc1ccccc1Cl. The molecule has 6 nitrogen and oxygen atoms in total. The summed E-state index contributed by atoms with van der Waals surface area (Å²) in [4.78, 5) is 20.0. The van der Waals surface area contributed by atoms with Crippen molar-refractivity contribution in [3.8, 4) is 17.2 Å². The number of rotatable bonds is 8. The minimum atomic E-state index is -0.317. The number of nitrogens with zero attached hydrogens (tertiary/aromatic N) is 2. The first-order valence-electron chi connectivity index (χ1n) is 14.9. The number of methoxy groups -OCH3 is 1. The van der Waals surface area contributed by atoms with Crippen LogP contribution in [0.4, 0.5) is 0 Å². The van der Waals surface area contributed by atoms with E-state index >= 15 is 0 Å². The van der Waals surface area contributed by atoms with Crippen molar-refractivity contribution in [3.05, 3.63) is 149 Å². The minimum absolute atomic E-state index is 0.0860. The molecule has 4 aromatic carbocycles. The Kier molecular flexibility index (Phi) is 8.04. The van der Waals surface area contributed by atoms with E-state index in [1.165, 1.54) is 16.9 Å². The second-order valence-corrected chi connectivity index (χ2v) is 12.3. The Balaban J connectivity index is 1.33. The van der Waals surface area contributed by atoms with Crippen molar-refractivity contribution in [1.29, 1.82) is 0 Å². The molecule has 1 aliphatic carbocycles. The quantitative estimate of drug-likeness (QED) is 0.185. The van der Waals surface area contributed by atoms with Gasteiger partial charge in [-0.05, 0) is 66.8 Å². The normalized spacial score (nSPS) is 15.5. The van der Waals surface area contributed by atoms with Gasteiger partial charge in [0.25, 0.3) is 5.56 Å². The Morgan fingerprint density at radius 1 is 0.933 bits per heavy atom. The number of hydrogen-bond acceptors (Lipinski definition) is 6. The summed E-state index contributed by atoms with van der Waals surface area (Å²) in [6, 6.07) is 29.4. The van der Waals surface area contributed by atoms with Crippen molar-refractivity contribution in [3.63, 3.8) is 0 Å². The molecule has 5 aromatic rings. The number of ether oxygens (including phenoxy) is 3. The van der Waals surface area contributed by atoms with Gasteiger partial charge in [-0.15, -0.1) is 0 Å². The Bertz CT molecular complexity index is 2130. The molecular weight excluding hydrogens is 604 g/mol. The van der Waals surface area contributed by atoms with Crippen LogP contribution in [-0.2, 0) is 13.0 Å². The molecule has 0 fully saturated rings. The van der Waals surface area contributed by atoms with Crippen LogP contribution in [0.1, 0.15) is 47.2 Å². The molecule has 1 aromatic heterocycles. The predicted molar refractivity (Wildman–Crippen MR) is 179 cm³/mol. The maximum absolute atomic E-state index is 14.2. The van der Waals surface area contributed by atoms with E-state index in [-0.39, 0.29) is 11.6 Å². The molecule has 226 valence electrons. The van der Waals surface area contributed by atoms with Crippen LogP contribution in [0, 0.1) is 0 Å². The van der Waals surface area contributed by atoms with Gasteiger partial charge in [-0.1, -0.05) is 89.7 Å². The van der Waals surface area contributed by atoms with Crippen molar-refractivity contribution in [2.24, 2.45) is 4.99 Å². The molecule has 7 rings (SSSR count). The zero-order valence-electron chi connectivity index (χ0n) is 25.0. The molecule has 1 aliphatic heterocycles. The highest BCUT2D eigenvalue weighted by Gasteiger charge is 2.34. The fourth-order valence-electron chi connectivity index (χ4n) is 6.12. The van der Waals surface area contributed by atoms with Gasteiger partial charge < -0.3 is 14.2 Å². The van der Waals surface area contributed by atoms with Gasteiger partial charge in [-0.25, -0.2) is 4.99 Å². The maximum atomic E-state index is 14.2. The summed E-state index contributed by atoms with van der Waals surface area (Å²) in [6.07, 6.45) is 3.61. The monoisotopic (exact) mass is 634 g/mol. The number of aromatic nitrogens is 1. The summed E-state index contributed by atoms with van der Waals surface area (Å²) in [5, 5.41) is 0.652. The lowest BCUT2D eigenvalue weighted by atomic mass is 9.83. The lowest BCUT2D eigenvalue weighted by Crippen LogP contribution is -2.39. The van der Waals surface area contributed by atoms with Crippen molar-refractivity contribution in [1.82, 2.24) is 4.57 Å². The summed E-state index contributed by atoms with van der Waals surface area (Å²) in [5.41, 5.74) is 7.09. The predicted octanol–water partition coefficient (Wildman–Crippen LogP) is 6.96. The van der Waals surface area contributed by atoms with Crippen molar-refractivity contribution in [2.75, 3.05) is 13.7 Å². The molecule has 45 heavy (non-hydrogen) atoms. The van der Waals surface area contributed by atoms with E-state index < -0.39 is 0 Å². The molecule has 2 heterocycles. The van der Waals surface area contributed by atoms with Crippen LogP contribution < -0.4 is 29.1 Å². The van der Waals surface area contributed by atoms with Gasteiger partial charge in [0, 0.05) is 21.7 Å². The van der Waals surface area contributed by atoms with Crippen LogP contribution in [0.5, 0.6) is 17.2 Å². The number of para-hydroxylation sites is 1. The fourth-order valence-corrected chi connectivity index (χ4v) is 7.31. The lowest BCUT2D eigenvalue weighted by Gasteiger charge is -2.31. The van der Waals surface area contributed by atoms with Crippen LogP contribution in [0.3, 0.4) is 0 Å². The number of hydrogen-bond donors (Lipinski definition) is 0. The third kappa shape index (κ3) is 5.47. The van der Waals surface area contributed by atoms with Gasteiger partial charge >= 0.3 is 0 Å². The van der Waals surface area contributed by atoms with E-state index in [0.717, 1.165) is 52.1 Å². The fraction of sp³-hybridized carbons (Fsp3) is 0.189. The summed E-state index contributed by atoms with van der Waals surface area (Å²) in [5.74, 6) is 1.96. The van der Waals surface area contributed by atoms with Crippen LogP contribution >= 0.6 is 22.9 Å². The van der Waals surface area contributed by atoms with Crippen molar-refractivity contribution < 1.29 is 14.2 Å². The highest BCUT2D eigenvalue weighted by Crippen LogP contribution is 2.43. The smallest absolute Gasteiger partial charge is 0.271 e. The van der Waals surface area contributed by atoms with E-state index in [1.807, 2.05) is 84.3 Å². The molecule has 0 spiro atoms. The van der Waals surface area contributed by atoms with Crippen LogP contribution in [0.2, 0.25) is 5.02 Å². The Morgan fingerprint density at radius 2 is 1.73 bits per heavy atom. The second kappa shape index (κ2) is 12.4. The molecule has 0 saturated carbocycles. The third-order valence-electron chi connectivity index (χ3n) is 8.21. The number of allylic oxidation sites excluding steroid dienone is 1. The maximum Gasteiger partial charge on any atom is 0.271 e. The van der Waals surface area contributed by atoms with Crippen LogP contribution in [-0.4, -0.2) is 18.3 Å². The van der Waals surface area contributed by atoms with Gasteiger partial charge in [0.05, 0.1) is 30.0 Å². The molecule has 0 saturated heterocycles. The highest BCUT2D eigenvalue weighted by molar-refractivity contribution is 7.07. The zero-order valence-corrected chi connectivity index (χ0v) is 26.5. The van der Waals surface area contributed by atoms with Crippen LogP contribution in [0.25, 0.3) is 11.8 Å². The first-order chi connectivity index (χ1) is 22.1. The van der Waals surface area contributed by atoms with Gasteiger partial charge in [0.15, 0.2) is 16.3 Å². The standard InChI is InChI=1S/C37H31ClN2O4S/c1-3-43-32-20-23(16-19-31(32)44-22-25-11-5-8-14-29(25)38)21-33-36(41)40-35(27-13-7-9-15-30(27)42-2)28-18-17-24-10-4-6-12-26(24)34(28)39-37(40)45-33/h4-16,19-21,35H,3,17-18,22H2,1-2H3/b33-21+/t35-/m0/s1. The topological polar surface area (TPSA) is 62.0 Å². The van der Waals surface area contributed by atoms with E-state index in [2.05, 4.69) is 24.3 Å². The molecule has 0 unspecified atom stereocenters. The Hall–Kier alpha value is -4.59. The Labute approximate surface area is 270 Å². The Morgan fingerprint density at radius 3 is 2.58 bits per heavy atom. The first-order valence-corrected chi connectivity index (χ1v) is 16.1. The molecule has 0 bridgehead atoms. The number of benzene rings is 4. The molecule has 2 aliphatic rings. The number of aryl methyl sites for hydroxylation is 1. The molecule has 1 atom stereocenters. The lowest BCUT2D eigenvalue weighted by molar-refractivity contribution is 0.269. The van der Waals surface area contributed by atoms with Gasteiger partial charge in [-0.3, -0.25) is 9.36 Å². The third-order valence-corrected chi connectivity index (χ3v) is 9.56. The van der Waals surface area contributed by atoms with Crippen LogP contribution in [0.15, 0.2) is 106 Å². The first kappa shape index (κ1) is 29.1. The zero-order chi connectivity index (χ0) is 30.9. The molecule has 8 heteroatoms. The summed E-state index contributed by atoms with van der Waals surface area (Å²) < 4.78 is 20.3. The summed E-state index contributed by atoms with van der Waals surface area (Å²) >= 11 is 7.73. The number of thiazole rings is 1. The van der Waals surface area contributed by atoms with Gasteiger partial charge in [0.2, 0.25) is 0 Å². The van der Waals surface area contributed by atoms with E-state index in [0.29, 0.717) is 39.1 Å². The van der Waals surface area contributed by atoms with E-state index in [9.17, 15) is 4.79 Å². The van der Waals surface area contributed by atoms with Gasteiger partial charge in [0.1, 0.15) is 12.4 Å². The van der Waals surface area contributed by atoms with Crippen molar-refractivity contribution in [2.45, 2.75) is 32.4 Å².